The van der Waals surface area contributed by atoms with Gasteiger partial charge in [0.15, 0.2) is 0 Å². The molecule has 0 unspecified atom stereocenters. The number of aromatic nitrogens is 2. The highest BCUT2D eigenvalue weighted by molar-refractivity contribution is 5.96. The van der Waals surface area contributed by atoms with Crippen LogP contribution in [0.15, 0.2) is 60.9 Å². The Labute approximate surface area is 188 Å². The molecule has 2 amide bonds. The van der Waals surface area contributed by atoms with Gasteiger partial charge < -0.3 is 19.7 Å². The van der Waals surface area contributed by atoms with Crippen LogP contribution in [0, 0.1) is 13.8 Å². The number of para-hydroxylation sites is 1. The molecule has 166 valence electrons. The van der Waals surface area contributed by atoms with E-state index in [2.05, 4.69) is 27.3 Å². The van der Waals surface area contributed by atoms with E-state index in [0.29, 0.717) is 31.6 Å². The summed E-state index contributed by atoms with van der Waals surface area (Å²) in [7, 11) is 0. The lowest BCUT2D eigenvalue weighted by atomic mass is 10.2. The van der Waals surface area contributed by atoms with Crippen LogP contribution >= 0.6 is 0 Å². The zero-order valence-electron chi connectivity index (χ0n) is 18.6. The first-order valence-corrected chi connectivity index (χ1v) is 11.0. The predicted molar refractivity (Wildman–Crippen MR) is 125 cm³/mol. The van der Waals surface area contributed by atoms with Gasteiger partial charge in [-0.1, -0.05) is 18.2 Å². The normalized spacial score (nSPS) is 13.8. The lowest BCUT2D eigenvalue weighted by molar-refractivity contribution is -0.131. The van der Waals surface area contributed by atoms with E-state index in [1.807, 2.05) is 59.7 Å². The topological polar surface area (TPSA) is 70.5 Å². The highest BCUT2D eigenvalue weighted by Crippen LogP contribution is 2.20. The molecule has 1 saturated heterocycles. The van der Waals surface area contributed by atoms with E-state index in [1.165, 1.54) is 5.69 Å². The molecule has 1 N–H and O–H groups in total. The number of rotatable bonds is 6. The number of nitrogens with zero attached hydrogens (tertiary/aromatic N) is 4. The summed E-state index contributed by atoms with van der Waals surface area (Å²) >= 11 is 0. The van der Waals surface area contributed by atoms with Crippen molar-refractivity contribution in [3.63, 3.8) is 0 Å². The summed E-state index contributed by atoms with van der Waals surface area (Å²) in [6, 6.07) is 16.0. The van der Waals surface area contributed by atoms with Crippen molar-refractivity contribution in [3.05, 3.63) is 77.9 Å². The Balaban J connectivity index is 1.28. The maximum absolute atomic E-state index is 12.7. The second-order valence-corrected chi connectivity index (χ2v) is 8.04. The largest absolute Gasteiger partial charge is 0.368 e. The van der Waals surface area contributed by atoms with E-state index in [-0.39, 0.29) is 11.8 Å². The summed E-state index contributed by atoms with van der Waals surface area (Å²) in [5, 5.41) is 2.91. The van der Waals surface area contributed by atoms with Gasteiger partial charge in [-0.25, -0.2) is 0 Å². The van der Waals surface area contributed by atoms with Crippen LogP contribution in [0.1, 0.15) is 28.2 Å². The van der Waals surface area contributed by atoms with Crippen LogP contribution < -0.4 is 10.2 Å². The molecular weight excluding hydrogens is 402 g/mol. The summed E-state index contributed by atoms with van der Waals surface area (Å²) in [4.78, 5) is 33.7. The van der Waals surface area contributed by atoms with Crippen molar-refractivity contribution in [2.45, 2.75) is 20.3 Å². The third kappa shape index (κ3) is 4.66. The Morgan fingerprint density at radius 2 is 1.69 bits per heavy atom. The smallest absolute Gasteiger partial charge is 0.253 e. The molecule has 7 heteroatoms. The van der Waals surface area contributed by atoms with Gasteiger partial charge in [-0.2, -0.15) is 0 Å². The molecule has 1 aliphatic heterocycles. The third-order valence-electron chi connectivity index (χ3n) is 5.96. The Kier molecular flexibility index (Phi) is 6.54. The van der Waals surface area contributed by atoms with E-state index < -0.39 is 0 Å². The molecule has 1 aromatic carbocycles. The first kappa shape index (κ1) is 21.6. The van der Waals surface area contributed by atoms with Gasteiger partial charge >= 0.3 is 0 Å². The summed E-state index contributed by atoms with van der Waals surface area (Å²) in [5.74, 6) is -0.0752. The van der Waals surface area contributed by atoms with Crippen molar-refractivity contribution in [1.29, 1.82) is 0 Å². The number of amides is 2. The zero-order chi connectivity index (χ0) is 22.5. The summed E-state index contributed by atoms with van der Waals surface area (Å²) in [5.41, 5.74) is 4.56. The fraction of sp³-hybridized carbons (Fsp3) is 0.320. The highest BCUT2D eigenvalue weighted by Gasteiger charge is 2.22. The van der Waals surface area contributed by atoms with Gasteiger partial charge in [0.2, 0.25) is 5.91 Å². The molecule has 1 aliphatic rings. The fourth-order valence-corrected chi connectivity index (χ4v) is 4.27. The minimum Gasteiger partial charge on any atom is -0.368 e. The first-order chi connectivity index (χ1) is 15.5. The van der Waals surface area contributed by atoms with Gasteiger partial charge in [-0.05, 0) is 44.2 Å². The molecule has 4 rings (SSSR count). The lowest BCUT2D eigenvalue weighted by Gasteiger charge is -2.36. The van der Waals surface area contributed by atoms with Crippen molar-refractivity contribution in [1.82, 2.24) is 19.8 Å². The van der Waals surface area contributed by atoms with E-state index in [1.54, 1.807) is 12.4 Å². The summed E-state index contributed by atoms with van der Waals surface area (Å²) < 4.78 is 2.01. The van der Waals surface area contributed by atoms with Crippen LogP contribution in [0.2, 0.25) is 0 Å². The number of nitrogens with one attached hydrogen (secondary N) is 1. The van der Waals surface area contributed by atoms with E-state index >= 15 is 0 Å². The molecule has 0 aliphatic carbocycles. The monoisotopic (exact) mass is 431 g/mol. The Bertz CT molecular complexity index is 1070. The molecule has 0 atom stereocenters. The van der Waals surface area contributed by atoms with Gasteiger partial charge in [0, 0.05) is 62.4 Å². The number of benzene rings is 1. The average Bonchev–Trinajstić information content (AvgIpc) is 3.14. The van der Waals surface area contributed by atoms with Gasteiger partial charge in [0.1, 0.15) is 0 Å². The van der Waals surface area contributed by atoms with Crippen LogP contribution in [0.5, 0.6) is 0 Å². The van der Waals surface area contributed by atoms with Gasteiger partial charge in [-0.15, -0.1) is 0 Å². The van der Waals surface area contributed by atoms with Gasteiger partial charge in [-0.3, -0.25) is 14.6 Å². The molecule has 3 aromatic rings. The number of piperazine rings is 1. The highest BCUT2D eigenvalue weighted by atomic mass is 16.2. The van der Waals surface area contributed by atoms with Crippen LogP contribution in [-0.4, -0.2) is 59.0 Å². The molecule has 7 nitrogen and oxygen atoms in total. The maximum atomic E-state index is 12.7. The third-order valence-corrected chi connectivity index (χ3v) is 5.96. The number of anilines is 1. The number of hydrogen-bond donors (Lipinski definition) is 1. The van der Waals surface area contributed by atoms with Crippen LogP contribution in [0.4, 0.5) is 5.69 Å². The van der Waals surface area contributed by atoms with E-state index in [0.717, 1.165) is 30.2 Å². The summed E-state index contributed by atoms with van der Waals surface area (Å²) in [6.07, 6.45) is 3.81. The van der Waals surface area contributed by atoms with Crippen molar-refractivity contribution < 1.29 is 9.59 Å². The molecule has 32 heavy (non-hydrogen) atoms. The van der Waals surface area contributed by atoms with E-state index in [4.69, 9.17) is 0 Å². The summed E-state index contributed by atoms with van der Waals surface area (Å²) in [6.45, 7) is 7.27. The Morgan fingerprint density at radius 3 is 2.38 bits per heavy atom. The molecule has 1 fully saturated rings. The zero-order valence-corrected chi connectivity index (χ0v) is 18.6. The number of carbonyl (C=O) groups is 2. The molecule has 0 saturated carbocycles. The molecule has 0 radical (unpaired) electrons. The standard InChI is InChI=1S/C25H29N5O2/c1-19-17-23(20(2)30(19)22-9-6-11-26-18-22)25(32)27-12-10-24(31)29-15-13-28(14-16-29)21-7-4-3-5-8-21/h3-9,11,17-18H,10,12-16H2,1-2H3,(H,27,32). The Morgan fingerprint density at radius 1 is 0.969 bits per heavy atom. The SMILES string of the molecule is Cc1cc(C(=O)NCCC(=O)N2CCN(c3ccccc3)CC2)c(C)n1-c1cccnc1. The second kappa shape index (κ2) is 9.68. The molecule has 3 heterocycles. The minimum atomic E-state index is -0.157. The maximum Gasteiger partial charge on any atom is 0.253 e. The van der Waals surface area contributed by atoms with Crippen LogP contribution in [-0.2, 0) is 4.79 Å². The molecule has 2 aromatic heterocycles. The Hall–Kier alpha value is -3.61. The quantitative estimate of drug-likeness (QED) is 0.652. The predicted octanol–water partition coefficient (Wildman–Crippen LogP) is 2.96. The average molecular weight is 432 g/mol. The van der Waals surface area contributed by atoms with Crippen molar-refractivity contribution in [2.24, 2.45) is 0 Å². The number of hydrogen-bond acceptors (Lipinski definition) is 4. The second-order valence-electron chi connectivity index (χ2n) is 8.04. The molecular formula is C25H29N5O2. The number of carbonyl (C=O) groups excluding carboxylic acids is 2. The van der Waals surface area contributed by atoms with E-state index in [9.17, 15) is 9.59 Å². The van der Waals surface area contributed by atoms with Crippen molar-refractivity contribution in [3.8, 4) is 5.69 Å². The minimum absolute atomic E-state index is 0.0823. The van der Waals surface area contributed by atoms with Gasteiger partial charge in [0.25, 0.3) is 5.91 Å². The lowest BCUT2D eigenvalue weighted by Crippen LogP contribution is -2.49. The van der Waals surface area contributed by atoms with Crippen LogP contribution in [0.3, 0.4) is 0 Å². The van der Waals surface area contributed by atoms with Crippen molar-refractivity contribution >= 4 is 17.5 Å². The fourth-order valence-electron chi connectivity index (χ4n) is 4.27. The van der Waals surface area contributed by atoms with Crippen LogP contribution in [0.25, 0.3) is 5.69 Å². The van der Waals surface area contributed by atoms with Crippen molar-refractivity contribution in [2.75, 3.05) is 37.6 Å². The van der Waals surface area contributed by atoms with Gasteiger partial charge in [0.05, 0.1) is 17.4 Å². The number of aryl methyl sites for hydroxylation is 1. The number of pyridine rings is 1. The molecule has 0 spiro atoms. The molecule has 0 bridgehead atoms. The first-order valence-electron chi connectivity index (χ1n) is 11.0.